The highest BCUT2D eigenvalue weighted by molar-refractivity contribution is 5.81. The maximum atomic E-state index is 10.7. The molecule has 0 radical (unpaired) electrons. The van der Waals surface area contributed by atoms with Gasteiger partial charge in [0.2, 0.25) is 0 Å². The summed E-state index contributed by atoms with van der Waals surface area (Å²) in [6.07, 6.45) is 3.22. The van der Waals surface area contributed by atoms with Gasteiger partial charge >= 0.3 is 5.97 Å². The van der Waals surface area contributed by atoms with E-state index in [-0.39, 0.29) is 18.4 Å². The van der Waals surface area contributed by atoms with Crippen LogP contribution in [0.15, 0.2) is 12.7 Å². The van der Waals surface area contributed by atoms with Gasteiger partial charge in [-0.3, -0.25) is 0 Å². The molecule has 0 saturated carbocycles. The minimum absolute atomic E-state index is 0. The third-order valence-electron chi connectivity index (χ3n) is 2.42. The zero-order valence-electron chi connectivity index (χ0n) is 9.96. The summed E-state index contributed by atoms with van der Waals surface area (Å²) in [5.41, 5.74) is 0. The molecule has 0 amide bonds. The predicted molar refractivity (Wildman–Crippen MR) is 57.9 cm³/mol. The number of unbranched alkanes of at least 4 members (excludes halogenated alkanes) is 1. The molecule has 0 aromatic heterocycles. The van der Waals surface area contributed by atoms with Crippen molar-refractivity contribution in [2.45, 2.75) is 19.8 Å². The van der Waals surface area contributed by atoms with Crippen molar-refractivity contribution in [2.24, 2.45) is 0 Å². The van der Waals surface area contributed by atoms with E-state index in [1.807, 2.05) is 0 Å². The Morgan fingerprint density at radius 3 is 2.47 bits per heavy atom. The average molecular weight is 236 g/mol. The monoisotopic (exact) mass is 235 g/mol. The zero-order valence-corrected chi connectivity index (χ0v) is 10.7. The Kier molecular flexibility index (Phi) is 9.84. The van der Waals surface area contributed by atoms with Crippen LogP contribution in [0.5, 0.6) is 0 Å². The number of ether oxygens (including phenoxy) is 1. The number of carbonyl (C=O) groups excluding carboxylic acids is 1. The number of hydrogen-bond donors (Lipinski definition) is 0. The van der Waals surface area contributed by atoms with E-state index >= 15 is 0 Å². The van der Waals surface area contributed by atoms with E-state index in [1.165, 1.54) is 6.08 Å². The van der Waals surface area contributed by atoms with E-state index in [0.717, 1.165) is 30.4 Å². The van der Waals surface area contributed by atoms with Crippen molar-refractivity contribution < 1.29 is 26.4 Å². The predicted octanol–water partition coefficient (Wildman–Crippen LogP) is -1.40. The lowest BCUT2D eigenvalue weighted by Gasteiger charge is -2.27. The molecule has 0 unspecified atom stereocenters. The van der Waals surface area contributed by atoms with Crippen molar-refractivity contribution >= 4 is 5.97 Å². The van der Waals surface area contributed by atoms with Crippen molar-refractivity contribution in [1.29, 1.82) is 0 Å². The maximum Gasteiger partial charge on any atom is 0.330 e. The Bertz CT molecular complexity index is 193. The zero-order chi connectivity index (χ0) is 11.0. The molecule has 3 nitrogen and oxygen atoms in total. The summed E-state index contributed by atoms with van der Waals surface area (Å²) in [5, 5.41) is 0. The molecule has 0 aliphatic rings. The van der Waals surface area contributed by atoms with Gasteiger partial charge in [-0.15, -0.1) is 0 Å². The van der Waals surface area contributed by atoms with Crippen LogP contribution in [0.3, 0.4) is 0 Å². The third-order valence-corrected chi connectivity index (χ3v) is 2.42. The topological polar surface area (TPSA) is 26.3 Å². The molecule has 0 N–H and O–H groups in total. The lowest BCUT2D eigenvalue weighted by Crippen LogP contribution is -3.00. The lowest BCUT2D eigenvalue weighted by atomic mass is 10.3. The first kappa shape index (κ1) is 16.9. The van der Waals surface area contributed by atoms with Crippen molar-refractivity contribution in [1.82, 2.24) is 0 Å². The normalized spacial score (nSPS) is 10.3. The molecule has 4 heteroatoms. The number of carbonyl (C=O) groups is 1. The fourth-order valence-electron chi connectivity index (χ4n) is 1.03. The van der Waals surface area contributed by atoms with E-state index in [4.69, 9.17) is 4.74 Å². The number of halogens is 1. The van der Waals surface area contributed by atoms with Crippen LogP contribution in [0.25, 0.3) is 0 Å². The standard InChI is InChI=1S/C11H22NO2.ClH/c1-5-11(13)14-10-8-7-9-12(3,4)6-2;/h5H,1,6-10H2,2-4H3;1H/q+1;/p-1. The number of hydrogen-bond acceptors (Lipinski definition) is 2. The highest BCUT2D eigenvalue weighted by Gasteiger charge is 2.10. The maximum absolute atomic E-state index is 10.7. The molecule has 0 spiro atoms. The van der Waals surface area contributed by atoms with Crippen molar-refractivity contribution in [3.63, 3.8) is 0 Å². The second-order valence-electron chi connectivity index (χ2n) is 4.05. The molecule has 15 heavy (non-hydrogen) atoms. The molecule has 0 aromatic rings. The Morgan fingerprint density at radius 2 is 2.00 bits per heavy atom. The van der Waals surface area contributed by atoms with Crippen LogP contribution in [-0.2, 0) is 9.53 Å². The van der Waals surface area contributed by atoms with Crippen LogP contribution in [0, 0.1) is 0 Å². The summed E-state index contributed by atoms with van der Waals surface area (Å²) in [6, 6.07) is 0. The van der Waals surface area contributed by atoms with E-state index in [9.17, 15) is 4.79 Å². The minimum Gasteiger partial charge on any atom is -1.00 e. The highest BCUT2D eigenvalue weighted by atomic mass is 35.5. The van der Waals surface area contributed by atoms with Crippen LogP contribution in [0.2, 0.25) is 0 Å². The Balaban J connectivity index is 0. The second-order valence-corrected chi connectivity index (χ2v) is 4.05. The first-order valence-corrected chi connectivity index (χ1v) is 5.13. The lowest BCUT2D eigenvalue weighted by molar-refractivity contribution is -0.888. The molecule has 0 saturated heterocycles. The largest absolute Gasteiger partial charge is 1.00 e. The van der Waals surface area contributed by atoms with Gasteiger partial charge in [0.1, 0.15) is 0 Å². The Hall–Kier alpha value is -0.540. The molecule has 0 aliphatic heterocycles. The van der Waals surface area contributed by atoms with Crippen LogP contribution in [0.4, 0.5) is 0 Å². The number of rotatable bonds is 7. The van der Waals surface area contributed by atoms with Gasteiger partial charge in [-0.1, -0.05) is 6.58 Å². The molecule has 0 aromatic carbocycles. The Labute approximate surface area is 99.1 Å². The molecule has 0 aliphatic carbocycles. The summed E-state index contributed by atoms with van der Waals surface area (Å²) in [7, 11) is 4.41. The fraction of sp³-hybridized carbons (Fsp3) is 0.727. The highest BCUT2D eigenvalue weighted by Crippen LogP contribution is 2.01. The molecular weight excluding hydrogens is 214 g/mol. The molecule has 0 rings (SSSR count). The van der Waals surface area contributed by atoms with Crippen molar-refractivity contribution in [3.05, 3.63) is 12.7 Å². The van der Waals surface area contributed by atoms with Gasteiger partial charge in [0.15, 0.2) is 0 Å². The van der Waals surface area contributed by atoms with Gasteiger partial charge in [-0.25, -0.2) is 4.79 Å². The third kappa shape index (κ3) is 9.76. The summed E-state index contributed by atoms with van der Waals surface area (Å²) in [6.45, 7) is 8.28. The summed E-state index contributed by atoms with van der Waals surface area (Å²) >= 11 is 0. The van der Waals surface area contributed by atoms with Gasteiger partial charge < -0.3 is 21.6 Å². The quantitative estimate of drug-likeness (QED) is 0.235. The van der Waals surface area contributed by atoms with Crippen LogP contribution in [0.1, 0.15) is 19.8 Å². The van der Waals surface area contributed by atoms with E-state index in [1.54, 1.807) is 0 Å². The summed E-state index contributed by atoms with van der Waals surface area (Å²) in [5.74, 6) is -0.325. The van der Waals surface area contributed by atoms with Gasteiger partial charge in [0, 0.05) is 6.08 Å². The second kappa shape index (κ2) is 8.74. The fourth-order valence-corrected chi connectivity index (χ4v) is 1.03. The summed E-state index contributed by atoms with van der Waals surface area (Å²) in [4.78, 5) is 10.7. The first-order valence-electron chi connectivity index (χ1n) is 5.13. The van der Waals surface area contributed by atoms with Gasteiger partial charge in [0.05, 0.1) is 33.8 Å². The SMILES string of the molecule is C=CC(=O)OCCCC[N+](C)(C)CC.[Cl-]. The molecule has 0 heterocycles. The summed E-state index contributed by atoms with van der Waals surface area (Å²) < 4.78 is 5.90. The molecule has 90 valence electrons. The molecule has 0 fully saturated rings. The van der Waals surface area contributed by atoms with Gasteiger partial charge in [-0.05, 0) is 19.8 Å². The average Bonchev–Trinajstić information content (AvgIpc) is 2.17. The van der Waals surface area contributed by atoms with Crippen molar-refractivity contribution in [2.75, 3.05) is 33.8 Å². The van der Waals surface area contributed by atoms with E-state index < -0.39 is 0 Å². The molecule has 0 bridgehead atoms. The van der Waals surface area contributed by atoms with Gasteiger partial charge in [-0.2, -0.15) is 0 Å². The molecule has 0 atom stereocenters. The minimum atomic E-state index is -0.325. The van der Waals surface area contributed by atoms with Crippen LogP contribution >= 0.6 is 0 Å². The van der Waals surface area contributed by atoms with Crippen molar-refractivity contribution in [3.8, 4) is 0 Å². The first-order chi connectivity index (χ1) is 6.52. The smallest absolute Gasteiger partial charge is 0.330 e. The van der Waals surface area contributed by atoms with E-state index in [0.29, 0.717) is 6.61 Å². The van der Waals surface area contributed by atoms with Crippen LogP contribution < -0.4 is 12.4 Å². The number of nitrogens with zero attached hydrogens (tertiary/aromatic N) is 1. The Morgan fingerprint density at radius 1 is 1.40 bits per heavy atom. The van der Waals surface area contributed by atoms with E-state index in [2.05, 4.69) is 27.6 Å². The van der Waals surface area contributed by atoms with Gasteiger partial charge in [0.25, 0.3) is 0 Å². The number of quaternary nitrogens is 1. The number of esters is 1. The molecular formula is C11H22ClNO2. The van der Waals surface area contributed by atoms with Crippen LogP contribution in [-0.4, -0.2) is 44.2 Å².